The Labute approximate surface area is 158 Å². The second-order valence-electron chi connectivity index (χ2n) is 5.66. The predicted molar refractivity (Wildman–Crippen MR) is 98.4 cm³/mol. The number of thioether (sulfide) groups is 1. The van der Waals surface area contributed by atoms with E-state index in [9.17, 15) is 14.5 Å². The molecular weight excluding hydrogens is 373 g/mol. The van der Waals surface area contributed by atoms with Gasteiger partial charge in [-0.15, -0.1) is 10.2 Å². The fourth-order valence-corrected chi connectivity index (χ4v) is 3.35. The zero-order valence-corrected chi connectivity index (χ0v) is 15.6. The number of aryl methyl sites for hydroxylation is 2. The lowest BCUT2D eigenvalue weighted by molar-refractivity contribution is -0.386. The highest BCUT2D eigenvalue weighted by Crippen LogP contribution is 2.25. The first kappa shape index (κ1) is 18.7. The highest BCUT2D eigenvalue weighted by Gasteiger charge is 2.22. The predicted octanol–water partition coefficient (Wildman–Crippen LogP) is 3.08. The van der Waals surface area contributed by atoms with Crippen LogP contribution in [0.25, 0.3) is 0 Å². The van der Waals surface area contributed by atoms with E-state index in [1.54, 1.807) is 39.0 Å². The minimum atomic E-state index is -0.440. The zero-order chi connectivity index (χ0) is 19.6. The molecule has 2 aromatic heterocycles. The molecule has 140 valence electrons. The number of nitro groups is 1. The fourth-order valence-electron chi connectivity index (χ4n) is 2.46. The van der Waals surface area contributed by atoms with Crippen molar-refractivity contribution >= 4 is 23.7 Å². The molecule has 0 aliphatic rings. The maximum Gasteiger partial charge on any atom is 0.312 e. The van der Waals surface area contributed by atoms with Gasteiger partial charge in [-0.25, -0.2) is 4.39 Å². The SMILES string of the molecule is Cc1nn(CSc2nnc(C)n2/N=C/c2ccccc2F)c(C)c1[N+](=O)[O-]. The molecule has 0 bridgehead atoms. The molecule has 0 N–H and O–H groups in total. The molecule has 1 aromatic carbocycles. The molecule has 3 aromatic rings. The smallest absolute Gasteiger partial charge is 0.258 e. The number of nitrogens with zero attached hydrogens (tertiary/aromatic N) is 7. The van der Waals surface area contributed by atoms with Crippen molar-refractivity contribution in [3.05, 3.63) is 63.0 Å². The molecule has 0 amide bonds. The van der Waals surface area contributed by atoms with E-state index in [4.69, 9.17) is 0 Å². The minimum Gasteiger partial charge on any atom is -0.258 e. The third kappa shape index (κ3) is 3.87. The van der Waals surface area contributed by atoms with Crippen LogP contribution in [0.15, 0.2) is 34.5 Å². The monoisotopic (exact) mass is 389 g/mol. The molecule has 0 atom stereocenters. The van der Waals surface area contributed by atoms with Gasteiger partial charge in [0.25, 0.3) is 0 Å². The molecule has 0 aliphatic carbocycles. The summed E-state index contributed by atoms with van der Waals surface area (Å²) < 4.78 is 16.8. The maximum atomic E-state index is 13.7. The second-order valence-corrected chi connectivity index (χ2v) is 6.57. The lowest BCUT2D eigenvalue weighted by Crippen LogP contribution is -2.02. The van der Waals surface area contributed by atoms with Crippen LogP contribution in [0, 0.1) is 36.7 Å². The van der Waals surface area contributed by atoms with E-state index in [0.717, 1.165) is 0 Å². The molecule has 0 radical (unpaired) electrons. The van der Waals surface area contributed by atoms with Gasteiger partial charge in [0, 0.05) is 5.56 Å². The van der Waals surface area contributed by atoms with Gasteiger partial charge in [-0.2, -0.15) is 14.9 Å². The summed E-state index contributed by atoms with van der Waals surface area (Å²) in [5.74, 6) is 0.453. The molecule has 0 fully saturated rings. The average Bonchev–Trinajstić information content (AvgIpc) is 3.11. The van der Waals surface area contributed by atoms with Gasteiger partial charge < -0.3 is 0 Å². The normalized spacial score (nSPS) is 11.4. The van der Waals surface area contributed by atoms with Crippen molar-refractivity contribution in [2.45, 2.75) is 31.8 Å². The Morgan fingerprint density at radius 1 is 1.30 bits per heavy atom. The van der Waals surface area contributed by atoms with Crippen LogP contribution >= 0.6 is 11.8 Å². The topological polar surface area (TPSA) is 104 Å². The van der Waals surface area contributed by atoms with Crippen molar-refractivity contribution < 1.29 is 9.31 Å². The molecule has 3 rings (SSSR count). The molecular formula is C16H16FN7O2S. The van der Waals surface area contributed by atoms with Crippen LogP contribution in [0.4, 0.5) is 10.1 Å². The highest BCUT2D eigenvalue weighted by atomic mass is 32.2. The number of hydrogen-bond acceptors (Lipinski definition) is 7. The van der Waals surface area contributed by atoms with Crippen LogP contribution in [-0.4, -0.2) is 35.8 Å². The first-order valence-electron chi connectivity index (χ1n) is 7.90. The first-order valence-corrected chi connectivity index (χ1v) is 8.89. The lowest BCUT2D eigenvalue weighted by Gasteiger charge is -2.04. The van der Waals surface area contributed by atoms with Crippen LogP contribution < -0.4 is 0 Å². The molecule has 0 saturated heterocycles. The Balaban J connectivity index is 1.81. The van der Waals surface area contributed by atoms with Crippen molar-refractivity contribution in [2.24, 2.45) is 5.10 Å². The van der Waals surface area contributed by atoms with E-state index in [1.807, 2.05) is 0 Å². The average molecular weight is 389 g/mol. The maximum absolute atomic E-state index is 13.7. The molecule has 0 unspecified atom stereocenters. The van der Waals surface area contributed by atoms with Crippen molar-refractivity contribution in [3.8, 4) is 0 Å². The number of benzene rings is 1. The molecule has 9 nitrogen and oxygen atoms in total. The zero-order valence-electron chi connectivity index (χ0n) is 14.8. The molecule has 0 aliphatic heterocycles. The largest absolute Gasteiger partial charge is 0.312 e. The summed E-state index contributed by atoms with van der Waals surface area (Å²) in [7, 11) is 0. The van der Waals surface area contributed by atoms with Crippen LogP contribution in [-0.2, 0) is 5.88 Å². The molecule has 11 heteroatoms. The van der Waals surface area contributed by atoms with Gasteiger partial charge in [0.1, 0.15) is 17.2 Å². The summed E-state index contributed by atoms with van der Waals surface area (Å²) in [6, 6.07) is 6.28. The summed E-state index contributed by atoms with van der Waals surface area (Å²) >= 11 is 1.27. The van der Waals surface area contributed by atoms with E-state index in [2.05, 4.69) is 20.4 Å². The Kier molecular flexibility index (Phi) is 5.31. The lowest BCUT2D eigenvalue weighted by atomic mass is 10.2. The van der Waals surface area contributed by atoms with Gasteiger partial charge in [-0.1, -0.05) is 30.0 Å². The third-order valence-corrected chi connectivity index (χ3v) is 4.71. The van der Waals surface area contributed by atoms with Gasteiger partial charge >= 0.3 is 5.69 Å². The van der Waals surface area contributed by atoms with Crippen molar-refractivity contribution in [1.29, 1.82) is 0 Å². The molecule has 0 spiro atoms. The molecule has 0 saturated carbocycles. The number of aromatic nitrogens is 5. The third-order valence-electron chi connectivity index (χ3n) is 3.83. The van der Waals surface area contributed by atoms with E-state index < -0.39 is 4.92 Å². The fraction of sp³-hybridized carbons (Fsp3) is 0.250. The summed E-state index contributed by atoms with van der Waals surface area (Å²) in [6.45, 7) is 4.96. The van der Waals surface area contributed by atoms with Crippen LogP contribution in [0.2, 0.25) is 0 Å². The summed E-state index contributed by atoms with van der Waals surface area (Å²) in [5, 5.41) is 28.1. The Morgan fingerprint density at radius 3 is 2.70 bits per heavy atom. The van der Waals surface area contributed by atoms with Gasteiger partial charge in [0.05, 0.1) is 17.0 Å². The summed E-state index contributed by atoms with van der Waals surface area (Å²) in [4.78, 5) is 10.7. The van der Waals surface area contributed by atoms with Crippen molar-refractivity contribution in [3.63, 3.8) is 0 Å². The van der Waals surface area contributed by atoms with Crippen molar-refractivity contribution in [2.75, 3.05) is 0 Å². The summed E-state index contributed by atoms with van der Waals surface area (Å²) in [5.41, 5.74) is 1.16. The van der Waals surface area contributed by atoms with Crippen LogP contribution in [0.1, 0.15) is 22.8 Å². The number of halogens is 1. The Bertz CT molecular complexity index is 1030. The van der Waals surface area contributed by atoms with Gasteiger partial charge in [-0.05, 0) is 26.8 Å². The number of hydrogen-bond donors (Lipinski definition) is 0. The van der Waals surface area contributed by atoms with E-state index in [-0.39, 0.29) is 11.5 Å². The van der Waals surface area contributed by atoms with Crippen LogP contribution in [0.5, 0.6) is 0 Å². The Morgan fingerprint density at radius 2 is 2.04 bits per heavy atom. The van der Waals surface area contributed by atoms with Gasteiger partial charge in [0.2, 0.25) is 5.16 Å². The quantitative estimate of drug-likeness (QED) is 0.278. The van der Waals surface area contributed by atoms with Gasteiger partial charge in [-0.3, -0.25) is 14.8 Å². The minimum absolute atomic E-state index is 0.00539. The second kappa shape index (κ2) is 7.66. The summed E-state index contributed by atoms with van der Waals surface area (Å²) in [6.07, 6.45) is 1.39. The van der Waals surface area contributed by atoms with E-state index in [0.29, 0.717) is 33.8 Å². The molecule has 27 heavy (non-hydrogen) atoms. The standard InChI is InChI=1S/C16H16FN7O2S/c1-10-15(24(25)26)11(2)22(21-10)9-27-16-20-19-12(3)23(16)18-8-13-6-4-5-7-14(13)17/h4-8H,9H2,1-3H3/b18-8+. The van der Waals surface area contributed by atoms with Crippen molar-refractivity contribution in [1.82, 2.24) is 24.7 Å². The molecule has 2 heterocycles. The number of rotatable bonds is 6. The highest BCUT2D eigenvalue weighted by molar-refractivity contribution is 7.98. The van der Waals surface area contributed by atoms with E-state index >= 15 is 0 Å². The Hall–Kier alpha value is -3.08. The van der Waals surface area contributed by atoms with Gasteiger partial charge in [0.15, 0.2) is 5.82 Å². The van der Waals surface area contributed by atoms with E-state index in [1.165, 1.54) is 33.4 Å². The first-order chi connectivity index (χ1) is 12.9. The van der Waals surface area contributed by atoms with Crippen LogP contribution in [0.3, 0.4) is 0 Å².